The smallest absolute Gasteiger partial charge is 0.227 e. The van der Waals surface area contributed by atoms with Crippen LogP contribution in [0.3, 0.4) is 0 Å². The minimum Gasteiger partial charge on any atom is -0.399 e. The van der Waals surface area contributed by atoms with E-state index in [1.807, 2.05) is 6.92 Å². The van der Waals surface area contributed by atoms with Crippen LogP contribution in [0.25, 0.3) is 0 Å². The molecule has 0 fully saturated rings. The predicted octanol–water partition coefficient (Wildman–Crippen LogP) is 3.17. The second kappa shape index (κ2) is 6.23. The molecule has 1 aromatic carbocycles. The molecule has 17 heavy (non-hydrogen) atoms. The average Bonchev–Trinajstić information content (AvgIpc) is 2.29. The Morgan fingerprint density at radius 2 is 2.24 bits per heavy atom. The molecule has 1 unspecified atom stereocenters. The van der Waals surface area contributed by atoms with Crippen LogP contribution in [0.1, 0.15) is 33.1 Å². The summed E-state index contributed by atoms with van der Waals surface area (Å²) in [6.45, 7) is 3.92. The van der Waals surface area contributed by atoms with Crippen molar-refractivity contribution in [2.75, 3.05) is 11.1 Å². The van der Waals surface area contributed by atoms with Crippen LogP contribution in [0.2, 0.25) is 0 Å². The van der Waals surface area contributed by atoms with Crippen molar-refractivity contribution in [3.63, 3.8) is 0 Å². The van der Waals surface area contributed by atoms with Crippen molar-refractivity contribution >= 4 is 17.3 Å². The van der Waals surface area contributed by atoms with E-state index >= 15 is 0 Å². The van der Waals surface area contributed by atoms with Gasteiger partial charge in [0.25, 0.3) is 0 Å². The van der Waals surface area contributed by atoms with Crippen molar-refractivity contribution < 1.29 is 9.18 Å². The summed E-state index contributed by atoms with van der Waals surface area (Å²) in [5, 5.41) is 2.58. The Kier molecular flexibility index (Phi) is 4.94. The van der Waals surface area contributed by atoms with Crippen LogP contribution in [0.15, 0.2) is 18.2 Å². The highest BCUT2D eigenvalue weighted by Gasteiger charge is 2.14. The minimum absolute atomic E-state index is 0.105. The maximum absolute atomic E-state index is 13.4. The van der Waals surface area contributed by atoms with Crippen molar-refractivity contribution in [1.29, 1.82) is 0 Å². The van der Waals surface area contributed by atoms with E-state index in [1.54, 1.807) is 6.07 Å². The molecule has 0 aliphatic heterocycles. The number of halogens is 1. The zero-order valence-electron chi connectivity index (χ0n) is 10.3. The summed E-state index contributed by atoms with van der Waals surface area (Å²) in [6.07, 6.45) is 2.87. The standard InChI is InChI=1S/C13H19FN2O/c1-3-4-5-9(2)13(17)16-12-7-6-10(15)8-11(12)14/h6-9H,3-5,15H2,1-2H3,(H,16,17). The van der Waals surface area contributed by atoms with Gasteiger partial charge in [-0.15, -0.1) is 0 Å². The van der Waals surface area contributed by atoms with E-state index in [9.17, 15) is 9.18 Å². The molecule has 0 aliphatic rings. The molecule has 0 saturated carbocycles. The van der Waals surface area contributed by atoms with Crippen LogP contribution in [-0.4, -0.2) is 5.91 Å². The second-order valence-electron chi connectivity index (χ2n) is 4.27. The summed E-state index contributed by atoms with van der Waals surface area (Å²) in [5.41, 5.74) is 5.97. The Hall–Kier alpha value is -1.58. The monoisotopic (exact) mass is 238 g/mol. The largest absolute Gasteiger partial charge is 0.399 e. The first kappa shape index (κ1) is 13.5. The zero-order valence-corrected chi connectivity index (χ0v) is 10.3. The van der Waals surface area contributed by atoms with Gasteiger partial charge in [-0.1, -0.05) is 26.7 Å². The van der Waals surface area contributed by atoms with Gasteiger partial charge in [-0.05, 0) is 24.6 Å². The highest BCUT2D eigenvalue weighted by Crippen LogP contribution is 2.18. The second-order valence-corrected chi connectivity index (χ2v) is 4.27. The lowest BCUT2D eigenvalue weighted by molar-refractivity contribution is -0.119. The molecule has 1 atom stereocenters. The molecule has 1 aromatic rings. The molecule has 0 heterocycles. The summed E-state index contributed by atoms with van der Waals surface area (Å²) in [6, 6.07) is 4.25. The number of hydrogen-bond donors (Lipinski definition) is 2. The van der Waals surface area contributed by atoms with Crippen molar-refractivity contribution in [2.45, 2.75) is 33.1 Å². The van der Waals surface area contributed by atoms with Crippen LogP contribution in [-0.2, 0) is 4.79 Å². The lowest BCUT2D eigenvalue weighted by Crippen LogP contribution is -2.21. The molecular weight excluding hydrogens is 219 g/mol. The van der Waals surface area contributed by atoms with E-state index in [2.05, 4.69) is 12.2 Å². The number of anilines is 2. The summed E-state index contributed by atoms with van der Waals surface area (Å²) < 4.78 is 13.4. The Morgan fingerprint density at radius 1 is 1.53 bits per heavy atom. The van der Waals surface area contributed by atoms with Gasteiger partial charge in [0.05, 0.1) is 5.69 Å². The Balaban J connectivity index is 2.61. The zero-order chi connectivity index (χ0) is 12.8. The lowest BCUT2D eigenvalue weighted by atomic mass is 10.0. The van der Waals surface area contributed by atoms with E-state index in [0.717, 1.165) is 19.3 Å². The highest BCUT2D eigenvalue weighted by molar-refractivity contribution is 5.92. The van der Waals surface area contributed by atoms with Crippen LogP contribution in [0.4, 0.5) is 15.8 Å². The molecule has 0 radical (unpaired) electrons. The van der Waals surface area contributed by atoms with Crippen molar-refractivity contribution in [2.24, 2.45) is 5.92 Å². The summed E-state index contributed by atoms with van der Waals surface area (Å²) in [7, 11) is 0. The summed E-state index contributed by atoms with van der Waals surface area (Å²) in [5.74, 6) is -0.755. The van der Waals surface area contributed by atoms with E-state index in [1.165, 1.54) is 12.1 Å². The van der Waals surface area contributed by atoms with Crippen LogP contribution in [0.5, 0.6) is 0 Å². The lowest BCUT2D eigenvalue weighted by Gasteiger charge is -2.12. The molecule has 3 nitrogen and oxygen atoms in total. The fourth-order valence-electron chi connectivity index (χ4n) is 1.53. The quantitative estimate of drug-likeness (QED) is 0.774. The SMILES string of the molecule is CCCCC(C)C(=O)Nc1ccc(N)cc1F. The third-order valence-corrected chi connectivity index (χ3v) is 2.69. The molecule has 4 heteroatoms. The molecule has 0 spiro atoms. The molecule has 0 aromatic heterocycles. The van der Waals surface area contributed by atoms with E-state index in [4.69, 9.17) is 5.73 Å². The molecule has 94 valence electrons. The third kappa shape index (κ3) is 4.06. The first-order valence-corrected chi connectivity index (χ1v) is 5.90. The van der Waals surface area contributed by atoms with Crippen LogP contribution >= 0.6 is 0 Å². The van der Waals surface area contributed by atoms with Gasteiger partial charge in [0.15, 0.2) is 0 Å². The van der Waals surface area contributed by atoms with Crippen molar-refractivity contribution in [1.82, 2.24) is 0 Å². The van der Waals surface area contributed by atoms with E-state index in [-0.39, 0.29) is 17.5 Å². The fraction of sp³-hybridized carbons (Fsp3) is 0.462. The fourth-order valence-corrected chi connectivity index (χ4v) is 1.53. The van der Waals surface area contributed by atoms with Gasteiger partial charge >= 0.3 is 0 Å². The summed E-state index contributed by atoms with van der Waals surface area (Å²) >= 11 is 0. The van der Waals surface area contributed by atoms with E-state index in [0.29, 0.717) is 5.69 Å². The van der Waals surface area contributed by atoms with E-state index < -0.39 is 5.82 Å². The molecular formula is C13H19FN2O. The number of hydrogen-bond acceptors (Lipinski definition) is 2. The maximum atomic E-state index is 13.4. The molecule has 0 bridgehead atoms. The molecule has 3 N–H and O–H groups in total. The normalized spacial score (nSPS) is 12.2. The predicted molar refractivity (Wildman–Crippen MR) is 68.1 cm³/mol. The van der Waals surface area contributed by atoms with Gasteiger partial charge in [-0.3, -0.25) is 4.79 Å². The number of carbonyl (C=O) groups is 1. The number of amides is 1. The van der Waals surface area contributed by atoms with Gasteiger partial charge in [-0.25, -0.2) is 4.39 Å². The number of benzene rings is 1. The van der Waals surface area contributed by atoms with Crippen molar-refractivity contribution in [3.8, 4) is 0 Å². The number of nitrogen functional groups attached to an aromatic ring is 1. The van der Waals surface area contributed by atoms with Gasteiger partial charge in [0, 0.05) is 11.6 Å². The van der Waals surface area contributed by atoms with Gasteiger partial charge in [0.1, 0.15) is 5.82 Å². The van der Waals surface area contributed by atoms with Crippen molar-refractivity contribution in [3.05, 3.63) is 24.0 Å². The number of carbonyl (C=O) groups excluding carboxylic acids is 1. The Bertz CT molecular complexity index is 393. The third-order valence-electron chi connectivity index (χ3n) is 2.69. The van der Waals surface area contributed by atoms with Crippen LogP contribution < -0.4 is 11.1 Å². The summed E-state index contributed by atoms with van der Waals surface area (Å²) in [4.78, 5) is 11.7. The number of unbranched alkanes of at least 4 members (excludes halogenated alkanes) is 1. The Labute approximate surface area is 101 Å². The highest BCUT2D eigenvalue weighted by atomic mass is 19.1. The first-order valence-electron chi connectivity index (χ1n) is 5.90. The molecule has 1 amide bonds. The Morgan fingerprint density at radius 3 is 2.82 bits per heavy atom. The maximum Gasteiger partial charge on any atom is 0.227 e. The van der Waals surface area contributed by atoms with Crippen LogP contribution in [0, 0.1) is 11.7 Å². The van der Waals surface area contributed by atoms with Gasteiger partial charge in [-0.2, -0.15) is 0 Å². The first-order chi connectivity index (χ1) is 8.04. The molecule has 0 aliphatic carbocycles. The number of rotatable bonds is 5. The number of nitrogens with two attached hydrogens (primary N) is 1. The van der Waals surface area contributed by atoms with Gasteiger partial charge < -0.3 is 11.1 Å². The number of nitrogens with one attached hydrogen (secondary N) is 1. The topological polar surface area (TPSA) is 55.1 Å². The van der Waals surface area contributed by atoms with Gasteiger partial charge in [0.2, 0.25) is 5.91 Å². The minimum atomic E-state index is -0.499. The molecule has 0 saturated heterocycles. The molecule has 1 rings (SSSR count). The average molecular weight is 238 g/mol.